The monoisotopic (exact) mass is 432 g/mol. The molecule has 9 heteroatoms. The van der Waals surface area contributed by atoms with Gasteiger partial charge in [-0.1, -0.05) is 17.3 Å². The molecule has 1 aliphatic rings. The van der Waals surface area contributed by atoms with Crippen LogP contribution in [0.15, 0.2) is 51.5 Å². The summed E-state index contributed by atoms with van der Waals surface area (Å²) in [6.07, 6.45) is 4.65. The zero-order valence-corrected chi connectivity index (χ0v) is 18.1. The lowest BCUT2D eigenvalue weighted by Gasteiger charge is -2.37. The van der Waals surface area contributed by atoms with E-state index in [0.29, 0.717) is 53.2 Å². The second kappa shape index (κ2) is 8.41. The largest absolute Gasteiger partial charge is 0.422 e. The first-order chi connectivity index (χ1) is 15.6. The van der Waals surface area contributed by atoms with Crippen molar-refractivity contribution in [1.82, 2.24) is 25.0 Å². The van der Waals surface area contributed by atoms with E-state index < -0.39 is 0 Å². The second-order valence-electron chi connectivity index (χ2n) is 8.04. The number of hydrogen-bond acceptors (Lipinski definition) is 8. The minimum Gasteiger partial charge on any atom is -0.422 e. The van der Waals surface area contributed by atoms with E-state index in [4.69, 9.17) is 8.94 Å². The SMILES string of the molecule is Cc1noc(-c2ccccc2C(=O)N2CCCC[C@H]2CN(C)c2nc3ncccc3o2)n1. The van der Waals surface area contributed by atoms with Crippen LogP contribution in [0.3, 0.4) is 0 Å². The first kappa shape index (κ1) is 20.2. The number of fused-ring (bicyclic) bond motifs is 1. The number of likely N-dealkylation sites (tertiary alicyclic amines) is 1. The zero-order valence-electron chi connectivity index (χ0n) is 18.1. The van der Waals surface area contributed by atoms with Crippen molar-refractivity contribution in [3.05, 3.63) is 54.0 Å². The normalized spacial score (nSPS) is 16.4. The lowest BCUT2D eigenvalue weighted by molar-refractivity contribution is 0.0621. The van der Waals surface area contributed by atoms with Crippen molar-refractivity contribution in [3.8, 4) is 11.5 Å². The highest BCUT2D eigenvalue weighted by molar-refractivity contribution is 6.00. The fourth-order valence-corrected chi connectivity index (χ4v) is 4.19. The number of rotatable bonds is 5. The average Bonchev–Trinajstić information content (AvgIpc) is 3.45. The van der Waals surface area contributed by atoms with Gasteiger partial charge in [-0.05, 0) is 50.5 Å². The number of likely N-dealkylation sites (N-methyl/N-ethyl adjacent to an activating group) is 1. The summed E-state index contributed by atoms with van der Waals surface area (Å²) in [5, 5.41) is 3.87. The number of carbonyl (C=O) groups is 1. The topological polar surface area (TPSA) is 101 Å². The quantitative estimate of drug-likeness (QED) is 0.470. The van der Waals surface area contributed by atoms with E-state index >= 15 is 0 Å². The molecule has 0 radical (unpaired) electrons. The molecule has 0 bridgehead atoms. The molecule has 5 rings (SSSR count). The molecule has 1 saturated heterocycles. The Bertz CT molecular complexity index is 1220. The number of piperidine rings is 1. The lowest BCUT2D eigenvalue weighted by Crippen LogP contribution is -2.49. The van der Waals surface area contributed by atoms with E-state index in [0.717, 1.165) is 19.3 Å². The summed E-state index contributed by atoms with van der Waals surface area (Å²) in [7, 11) is 1.93. The minimum absolute atomic E-state index is 0.0294. The number of aryl methyl sites for hydroxylation is 1. The van der Waals surface area contributed by atoms with E-state index in [1.807, 2.05) is 53.2 Å². The van der Waals surface area contributed by atoms with Gasteiger partial charge in [-0.15, -0.1) is 0 Å². The maximum absolute atomic E-state index is 13.6. The van der Waals surface area contributed by atoms with Gasteiger partial charge in [0, 0.05) is 32.4 Å². The van der Waals surface area contributed by atoms with Gasteiger partial charge in [0.25, 0.3) is 17.8 Å². The van der Waals surface area contributed by atoms with E-state index in [1.165, 1.54) is 0 Å². The van der Waals surface area contributed by atoms with Crippen molar-refractivity contribution in [3.63, 3.8) is 0 Å². The Morgan fingerprint density at radius 2 is 2.06 bits per heavy atom. The average molecular weight is 432 g/mol. The number of hydrogen-bond donors (Lipinski definition) is 0. The van der Waals surface area contributed by atoms with Crippen LogP contribution < -0.4 is 4.90 Å². The number of carbonyl (C=O) groups excluding carboxylic acids is 1. The lowest BCUT2D eigenvalue weighted by atomic mass is 9.98. The number of benzene rings is 1. The van der Waals surface area contributed by atoms with Crippen LogP contribution in [0.25, 0.3) is 22.7 Å². The van der Waals surface area contributed by atoms with E-state index in [-0.39, 0.29) is 11.9 Å². The molecule has 9 nitrogen and oxygen atoms in total. The van der Waals surface area contributed by atoms with E-state index in [9.17, 15) is 4.79 Å². The fraction of sp³-hybridized carbons (Fsp3) is 0.348. The number of nitrogens with zero attached hydrogens (tertiary/aromatic N) is 6. The highest BCUT2D eigenvalue weighted by Crippen LogP contribution is 2.28. The van der Waals surface area contributed by atoms with Crippen molar-refractivity contribution < 1.29 is 13.7 Å². The summed E-state index contributed by atoms with van der Waals surface area (Å²) in [5.41, 5.74) is 2.45. The molecular weight excluding hydrogens is 408 g/mol. The fourth-order valence-electron chi connectivity index (χ4n) is 4.19. The van der Waals surface area contributed by atoms with Crippen LogP contribution in [-0.2, 0) is 0 Å². The van der Waals surface area contributed by atoms with Gasteiger partial charge in [0.2, 0.25) is 5.65 Å². The summed E-state index contributed by atoms with van der Waals surface area (Å²) in [6.45, 7) is 3.07. The van der Waals surface area contributed by atoms with Crippen molar-refractivity contribution in [2.24, 2.45) is 0 Å². The van der Waals surface area contributed by atoms with Gasteiger partial charge in [-0.25, -0.2) is 4.98 Å². The Kier molecular flexibility index (Phi) is 5.30. The molecule has 1 fully saturated rings. The van der Waals surface area contributed by atoms with Crippen LogP contribution >= 0.6 is 0 Å². The number of aromatic nitrogens is 4. The van der Waals surface area contributed by atoms with E-state index in [1.54, 1.807) is 13.1 Å². The molecule has 0 aliphatic carbocycles. The van der Waals surface area contributed by atoms with Crippen LogP contribution in [0, 0.1) is 6.92 Å². The van der Waals surface area contributed by atoms with Crippen molar-refractivity contribution >= 4 is 23.2 Å². The zero-order chi connectivity index (χ0) is 22.1. The molecule has 3 aromatic heterocycles. The predicted molar refractivity (Wildman–Crippen MR) is 118 cm³/mol. The Hall–Kier alpha value is -3.75. The highest BCUT2D eigenvalue weighted by atomic mass is 16.5. The number of amides is 1. The Labute approximate surface area is 185 Å². The standard InChI is InChI=1S/C23H24N6O3/c1-15-25-21(32-27-15)17-9-3-4-10-18(17)22(30)29-13-6-5-8-16(29)14-28(2)23-26-20-19(31-23)11-7-12-24-20/h3-4,7,9-12,16H,5-6,8,13-14H2,1-2H3/t16-/m0/s1. The molecule has 164 valence electrons. The molecule has 32 heavy (non-hydrogen) atoms. The maximum atomic E-state index is 13.6. The van der Waals surface area contributed by atoms with Crippen LogP contribution in [0.5, 0.6) is 0 Å². The summed E-state index contributed by atoms with van der Waals surface area (Å²) in [6, 6.07) is 11.6. The third-order valence-corrected chi connectivity index (χ3v) is 5.77. The number of oxazole rings is 1. The molecule has 0 unspecified atom stereocenters. The van der Waals surface area contributed by atoms with Crippen LogP contribution in [0.4, 0.5) is 6.01 Å². The molecule has 4 heterocycles. The molecule has 1 atom stereocenters. The van der Waals surface area contributed by atoms with Gasteiger partial charge < -0.3 is 18.7 Å². The summed E-state index contributed by atoms with van der Waals surface area (Å²) in [5.74, 6) is 0.859. The van der Waals surface area contributed by atoms with Crippen LogP contribution in [0.2, 0.25) is 0 Å². The van der Waals surface area contributed by atoms with Gasteiger partial charge in [-0.3, -0.25) is 4.79 Å². The molecule has 1 aromatic carbocycles. The van der Waals surface area contributed by atoms with Crippen LogP contribution in [0.1, 0.15) is 35.4 Å². The second-order valence-corrected chi connectivity index (χ2v) is 8.04. The first-order valence-corrected chi connectivity index (χ1v) is 10.7. The van der Waals surface area contributed by atoms with Crippen molar-refractivity contribution in [2.75, 3.05) is 25.0 Å². The third-order valence-electron chi connectivity index (χ3n) is 5.77. The number of pyridine rings is 1. The minimum atomic E-state index is -0.0335. The van der Waals surface area contributed by atoms with Gasteiger partial charge in [-0.2, -0.15) is 9.97 Å². The van der Waals surface area contributed by atoms with Gasteiger partial charge in [0.1, 0.15) is 0 Å². The molecule has 1 amide bonds. The maximum Gasteiger partial charge on any atom is 0.299 e. The van der Waals surface area contributed by atoms with E-state index in [2.05, 4.69) is 20.1 Å². The Morgan fingerprint density at radius 3 is 2.88 bits per heavy atom. The first-order valence-electron chi connectivity index (χ1n) is 10.7. The smallest absolute Gasteiger partial charge is 0.299 e. The molecule has 0 spiro atoms. The van der Waals surface area contributed by atoms with Gasteiger partial charge >= 0.3 is 0 Å². The van der Waals surface area contributed by atoms with Crippen molar-refractivity contribution in [2.45, 2.75) is 32.2 Å². The number of anilines is 1. The summed E-state index contributed by atoms with van der Waals surface area (Å²) >= 11 is 0. The van der Waals surface area contributed by atoms with Gasteiger partial charge in [0.05, 0.1) is 11.1 Å². The Morgan fingerprint density at radius 1 is 1.19 bits per heavy atom. The molecule has 0 N–H and O–H groups in total. The highest BCUT2D eigenvalue weighted by Gasteiger charge is 2.31. The predicted octanol–water partition coefficient (Wildman–Crippen LogP) is 3.71. The van der Waals surface area contributed by atoms with Gasteiger partial charge in [0.15, 0.2) is 11.4 Å². The molecule has 0 saturated carbocycles. The molecular formula is C23H24N6O3. The van der Waals surface area contributed by atoms with Crippen molar-refractivity contribution in [1.29, 1.82) is 0 Å². The third kappa shape index (κ3) is 3.81. The molecule has 4 aromatic rings. The summed E-state index contributed by atoms with van der Waals surface area (Å²) < 4.78 is 11.2. The summed E-state index contributed by atoms with van der Waals surface area (Å²) in [4.78, 5) is 30.6. The Balaban J connectivity index is 1.39. The van der Waals surface area contributed by atoms with Crippen LogP contribution in [-0.4, -0.2) is 57.1 Å². The molecule has 1 aliphatic heterocycles.